The number of carbonyl (C=O) groups is 1. The molecule has 2 heterocycles. The summed E-state index contributed by atoms with van der Waals surface area (Å²) in [6, 6.07) is 13.1. The molecular formula is C20H18ClF3N4O. The summed E-state index contributed by atoms with van der Waals surface area (Å²) in [5.41, 5.74) is 1.42. The maximum absolute atomic E-state index is 13.0. The third-order valence-electron chi connectivity index (χ3n) is 4.49. The summed E-state index contributed by atoms with van der Waals surface area (Å²) in [6.45, 7) is 0. The number of halogens is 4. The van der Waals surface area contributed by atoms with Crippen LogP contribution in [0.25, 0.3) is 5.69 Å². The summed E-state index contributed by atoms with van der Waals surface area (Å²) >= 11 is 0. The molecule has 4 rings (SSSR count). The van der Waals surface area contributed by atoms with Crippen LogP contribution in [0.5, 0.6) is 0 Å². The normalized spacial score (nSPS) is 13.6. The molecule has 0 aliphatic heterocycles. The Morgan fingerprint density at radius 2 is 1.86 bits per heavy atom. The fraction of sp³-hybridized carbons (Fsp3) is 0.250. The number of carbonyl (C=O) groups excluding carboxylic acids is 1. The lowest BCUT2D eigenvalue weighted by atomic mass is 10.2. The molecule has 0 radical (unpaired) electrons. The van der Waals surface area contributed by atoms with Crippen LogP contribution in [-0.2, 0) is 17.4 Å². The van der Waals surface area contributed by atoms with E-state index in [4.69, 9.17) is 0 Å². The third-order valence-corrected chi connectivity index (χ3v) is 4.49. The van der Waals surface area contributed by atoms with Gasteiger partial charge in [-0.2, -0.15) is 18.3 Å². The van der Waals surface area contributed by atoms with E-state index in [0.717, 1.165) is 18.9 Å². The topological polar surface area (TPSA) is 59.8 Å². The van der Waals surface area contributed by atoms with E-state index in [2.05, 4.69) is 15.4 Å². The molecule has 0 bridgehead atoms. The van der Waals surface area contributed by atoms with Crippen molar-refractivity contribution in [1.82, 2.24) is 14.8 Å². The van der Waals surface area contributed by atoms with Crippen molar-refractivity contribution in [3.63, 3.8) is 0 Å². The minimum atomic E-state index is -4.48. The number of aromatic nitrogens is 3. The van der Waals surface area contributed by atoms with Crippen LogP contribution in [0.15, 0.2) is 54.7 Å². The summed E-state index contributed by atoms with van der Waals surface area (Å²) in [5.74, 6) is -0.107. The van der Waals surface area contributed by atoms with Crippen LogP contribution in [0, 0.1) is 0 Å². The van der Waals surface area contributed by atoms with E-state index >= 15 is 0 Å². The summed E-state index contributed by atoms with van der Waals surface area (Å²) in [6.07, 6.45) is -0.986. The second kappa shape index (κ2) is 8.24. The number of amides is 1. The molecule has 2 aromatic heterocycles. The highest BCUT2D eigenvalue weighted by atomic mass is 35.5. The van der Waals surface area contributed by atoms with E-state index in [-0.39, 0.29) is 30.7 Å². The molecule has 1 aliphatic rings. The Labute approximate surface area is 171 Å². The van der Waals surface area contributed by atoms with Gasteiger partial charge in [-0.15, -0.1) is 12.4 Å². The monoisotopic (exact) mass is 422 g/mol. The first-order chi connectivity index (χ1) is 13.4. The largest absolute Gasteiger partial charge is 0.435 e. The number of pyridine rings is 1. The SMILES string of the molecule is Cl.O=C(Cc1ccccn1)Nc1ccc(-n2nc(C(F)(F)F)cc2C2CC2)cc1. The van der Waals surface area contributed by atoms with Gasteiger partial charge < -0.3 is 5.32 Å². The Hall–Kier alpha value is -2.87. The highest BCUT2D eigenvalue weighted by Crippen LogP contribution is 2.42. The van der Waals surface area contributed by atoms with Crippen LogP contribution in [0.2, 0.25) is 0 Å². The predicted molar refractivity (Wildman–Crippen MR) is 104 cm³/mol. The molecule has 0 spiro atoms. The van der Waals surface area contributed by atoms with Crippen LogP contribution in [0.3, 0.4) is 0 Å². The van der Waals surface area contributed by atoms with Gasteiger partial charge in [-0.1, -0.05) is 6.07 Å². The second-order valence-electron chi connectivity index (χ2n) is 6.73. The van der Waals surface area contributed by atoms with E-state index < -0.39 is 11.9 Å². The minimum Gasteiger partial charge on any atom is -0.326 e. The smallest absolute Gasteiger partial charge is 0.326 e. The van der Waals surface area contributed by atoms with Crippen molar-refractivity contribution in [1.29, 1.82) is 0 Å². The zero-order valence-corrected chi connectivity index (χ0v) is 16.0. The van der Waals surface area contributed by atoms with Gasteiger partial charge in [0.25, 0.3) is 0 Å². The van der Waals surface area contributed by atoms with Gasteiger partial charge in [0.15, 0.2) is 5.69 Å². The quantitative estimate of drug-likeness (QED) is 0.644. The van der Waals surface area contributed by atoms with Crippen molar-refractivity contribution in [3.8, 4) is 5.69 Å². The number of nitrogens with zero attached hydrogens (tertiary/aromatic N) is 3. The Kier molecular flexibility index (Phi) is 5.93. The molecule has 29 heavy (non-hydrogen) atoms. The van der Waals surface area contributed by atoms with Crippen molar-refractivity contribution < 1.29 is 18.0 Å². The van der Waals surface area contributed by atoms with Crippen LogP contribution in [0.4, 0.5) is 18.9 Å². The number of anilines is 1. The van der Waals surface area contributed by atoms with Gasteiger partial charge in [0.2, 0.25) is 5.91 Å². The molecule has 0 saturated heterocycles. The molecule has 0 atom stereocenters. The van der Waals surface area contributed by atoms with Gasteiger partial charge in [-0.25, -0.2) is 4.68 Å². The molecule has 3 aromatic rings. The second-order valence-corrected chi connectivity index (χ2v) is 6.73. The summed E-state index contributed by atoms with van der Waals surface area (Å²) < 4.78 is 40.5. The highest BCUT2D eigenvalue weighted by molar-refractivity contribution is 5.92. The number of hydrogen-bond donors (Lipinski definition) is 1. The van der Waals surface area contributed by atoms with E-state index in [0.29, 0.717) is 22.8 Å². The van der Waals surface area contributed by atoms with Crippen LogP contribution in [-0.4, -0.2) is 20.7 Å². The maximum atomic E-state index is 13.0. The lowest BCUT2D eigenvalue weighted by Crippen LogP contribution is -2.15. The molecule has 152 valence electrons. The van der Waals surface area contributed by atoms with Crippen LogP contribution >= 0.6 is 12.4 Å². The zero-order valence-electron chi connectivity index (χ0n) is 15.2. The number of alkyl halides is 3. The van der Waals surface area contributed by atoms with Gasteiger partial charge in [-0.3, -0.25) is 9.78 Å². The average Bonchev–Trinajstić information content (AvgIpc) is 3.40. The first kappa shape index (κ1) is 20.9. The molecule has 1 aliphatic carbocycles. The van der Waals surface area contributed by atoms with Gasteiger partial charge in [0, 0.05) is 29.2 Å². The first-order valence-electron chi connectivity index (χ1n) is 8.87. The van der Waals surface area contributed by atoms with Gasteiger partial charge >= 0.3 is 6.18 Å². The fourth-order valence-electron chi connectivity index (χ4n) is 2.97. The van der Waals surface area contributed by atoms with Crippen molar-refractivity contribution >= 4 is 24.0 Å². The van der Waals surface area contributed by atoms with Crippen molar-refractivity contribution in [2.24, 2.45) is 0 Å². The van der Waals surface area contributed by atoms with Crippen LogP contribution < -0.4 is 5.32 Å². The Morgan fingerprint density at radius 1 is 1.14 bits per heavy atom. The summed E-state index contributed by atoms with van der Waals surface area (Å²) in [7, 11) is 0. The number of benzene rings is 1. The molecule has 1 saturated carbocycles. The Balaban J connectivity index is 0.00000240. The first-order valence-corrected chi connectivity index (χ1v) is 8.87. The average molecular weight is 423 g/mol. The molecule has 1 aromatic carbocycles. The molecular weight excluding hydrogens is 405 g/mol. The van der Waals surface area contributed by atoms with Crippen molar-refractivity contribution in [2.75, 3.05) is 5.32 Å². The van der Waals surface area contributed by atoms with E-state index in [1.54, 1.807) is 48.7 Å². The predicted octanol–water partition coefficient (Wildman–Crippen LogP) is 4.77. The van der Waals surface area contributed by atoms with Gasteiger partial charge in [-0.05, 0) is 55.3 Å². The van der Waals surface area contributed by atoms with E-state index in [1.807, 2.05) is 0 Å². The minimum absolute atomic E-state index is 0. The molecule has 1 amide bonds. The summed E-state index contributed by atoms with van der Waals surface area (Å²) in [4.78, 5) is 16.2. The Morgan fingerprint density at radius 3 is 2.45 bits per heavy atom. The molecule has 5 nitrogen and oxygen atoms in total. The lowest BCUT2D eigenvalue weighted by molar-refractivity contribution is -0.141. The maximum Gasteiger partial charge on any atom is 0.435 e. The Bertz CT molecular complexity index is 983. The van der Waals surface area contributed by atoms with E-state index in [1.165, 1.54) is 4.68 Å². The molecule has 1 fully saturated rings. The number of rotatable bonds is 5. The lowest BCUT2D eigenvalue weighted by Gasteiger charge is -2.09. The standard InChI is InChI=1S/C20H17F3N4O.ClH/c21-20(22,23)18-12-17(13-4-5-13)27(26-18)16-8-6-14(7-9-16)25-19(28)11-15-3-1-2-10-24-15;/h1-3,6-10,12-13H,4-5,11H2,(H,25,28);1H. The number of hydrogen-bond acceptors (Lipinski definition) is 3. The third kappa shape index (κ3) is 4.95. The highest BCUT2D eigenvalue weighted by Gasteiger charge is 2.38. The van der Waals surface area contributed by atoms with Gasteiger partial charge in [0.05, 0.1) is 12.1 Å². The van der Waals surface area contributed by atoms with E-state index in [9.17, 15) is 18.0 Å². The molecule has 9 heteroatoms. The zero-order chi connectivity index (χ0) is 19.7. The van der Waals surface area contributed by atoms with Crippen molar-refractivity contribution in [2.45, 2.75) is 31.4 Å². The molecule has 1 N–H and O–H groups in total. The fourth-order valence-corrected chi connectivity index (χ4v) is 2.97. The van der Waals surface area contributed by atoms with Crippen LogP contribution in [0.1, 0.15) is 35.8 Å². The summed E-state index contributed by atoms with van der Waals surface area (Å²) in [5, 5.41) is 6.52. The van der Waals surface area contributed by atoms with Crippen molar-refractivity contribution in [3.05, 3.63) is 71.8 Å². The van der Waals surface area contributed by atoms with Gasteiger partial charge in [0.1, 0.15) is 0 Å². The molecule has 0 unspecified atom stereocenters. The number of nitrogens with one attached hydrogen (secondary N) is 1.